The molecular formula is C16H16BrClFN. The number of nitrogens with one attached hydrogen (secondary N) is 1. The highest BCUT2D eigenvalue weighted by atomic mass is 79.9. The first-order valence-corrected chi connectivity index (χ1v) is 7.61. The summed E-state index contributed by atoms with van der Waals surface area (Å²) in [4.78, 5) is 0. The van der Waals surface area contributed by atoms with Crippen LogP contribution in [0.5, 0.6) is 0 Å². The topological polar surface area (TPSA) is 12.0 Å². The van der Waals surface area contributed by atoms with Crippen LogP contribution in [-0.2, 0) is 0 Å². The molecule has 1 nitrogen and oxygen atoms in total. The molecule has 2 rings (SSSR count). The van der Waals surface area contributed by atoms with E-state index in [2.05, 4.69) is 40.3 Å². The predicted molar refractivity (Wildman–Crippen MR) is 85.5 cm³/mol. The van der Waals surface area contributed by atoms with Gasteiger partial charge in [-0.05, 0) is 49.2 Å². The highest BCUT2D eigenvalue weighted by molar-refractivity contribution is 9.10. The van der Waals surface area contributed by atoms with E-state index in [4.69, 9.17) is 11.6 Å². The maximum absolute atomic E-state index is 13.5. The van der Waals surface area contributed by atoms with Gasteiger partial charge >= 0.3 is 0 Å². The standard InChI is InChI=1S/C16H16BrClFN/c1-10(12-4-3-5-14(17)8-12)20-11(2)13-6-7-15(18)16(19)9-13/h3-11,20H,1-2H3/t10-,11?/m0/s1. The van der Waals surface area contributed by atoms with Gasteiger partial charge in [-0.3, -0.25) is 0 Å². The zero-order chi connectivity index (χ0) is 14.7. The summed E-state index contributed by atoms with van der Waals surface area (Å²) in [6.45, 7) is 4.10. The summed E-state index contributed by atoms with van der Waals surface area (Å²) in [5.41, 5.74) is 2.06. The summed E-state index contributed by atoms with van der Waals surface area (Å²) < 4.78 is 14.5. The molecule has 0 spiro atoms. The first-order chi connectivity index (χ1) is 9.47. The van der Waals surface area contributed by atoms with Crippen molar-refractivity contribution in [2.45, 2.75) is 25.9 Å². The van der Waals surface area contributed by atoms with Gasteiger partial charge in [-0.2, -0.15) is 0 Å². The Hall–Kier alpha value is -0.900. The van der Waals surface area contributed by atoms with Crippen LogP contribution in [0.25, 0.3) is 0 Å². The lowest BCUT2D eigenvalue weighted by Crippen LogP contribution is -2.22. The van der Waals surface area contributed by atoms with Crippen LogP contribution in [0.15, 0.2) is 46.9 Å². The molecule has 0 bridgehead atoms. The van der Waals surface area contributed by atoms with E-state index in [1.807, 2.05) is 25.1 Å². The van der Waals surface area contributed by atoms with Gasteiger partial charge < -0.3 is 5.32 Å². The molecule has 106 valence electrons. The van der Waals surface area contributed by atoms with Gasteiger partial charge in [-0.1, -0.05) is 45.7 Å². The summed E-state index contributed by atoms with van der Waals surface area (Å²) in [6, 6.07) is 13.3. The third-order valence-corrected chi connectivity index (χ3v) is 4.09. The second-order valence-corrected chi connectivity index (χ2v) is 6.16. The molecule has 2 atom stereocenters. The van der Waals surface area contributed by atoms with Crippen LogP contribution in [0.2, 0.25) is 5.02 Å². The largest absolute Gasteiger partial charge is 0.304 e. The molecule has 0 aliphatic heterocycles. The smallest absolute Gasteiger partial charge is 0.142 e. The van der Waals surface area contributed by atoms with Gasteiger partial charge in [0.05, 0.1) is 5.02 Å². The van der Waals surface area contributed by atoms with E-state index in [1.54, 1.807) is 6.07 Å². The molecule has 0 aliphatic carbocycles. The lowest BCUT2D eigenvalue weighted by Gasteiger charge is -2.21. The van der Waals surface area contributed by atoms with Gasteiger partial charge in [0, 0.05) is 16.6 Å². The maximum Gasteiger partial charge on any atom is 0.142 e. The minimum absolute atomic E-state index is 0.0377. The highest BCUT2D eigenvalue weighted by Crippen LogP contribution is 2.24. The molecular weight excluding hydrogens is 341 g/mol. The van der Waals surface area contributed by atoms with E-state index in [1.165, 1.54) is 11.6 Å². The molecule has 0 saturated heterocycles. The third kappa shape index (κ3) is 3.81. The number of halogens is 3. The van der Waals surface area contributed by atoms with Gasteiger partial charge in [0.15, 0.2) is 0 Å². The van der Waals surface area contributed by atoms with Crippen LogP contribution < -0.4 is 5.32 Å². The van der Waals surface area contributed by atoms with Crippen LogP contribution in [0.1, 0.15) is 37.1 Å². The lowest BCUT2D eigenvalue weighted by atomic mass is 10.0. The fourth-order valence-electron chi connectivity index (χ4n) is 2.13. The van der Waals surface area contributed by atoms with Gasteiger partial charge in [0.2, 0.25) is 0 Å². The van der Waals surface area contributed by atoms with Crippen molar-refractivity contribution in [3.8, 4) is 0 Å². The monoisotopic (exact) mass is 355 g/mol. The predicted octanol–water partition coefficient (Wildman–Crippen LogP) is 5.65. The summed E-state index contributed by atoms with van der Waals surface area (Å²) in [7, 11) is 0. The third-order valence-electron chi connectivity index (χ3n) is 3.29. The summed E-state index contributed by atoms with van der Waals surface area (Å²) >= 11 is 9.17. The van der Waals surface area contributed by atoms with Crippen LogP contribution in [-0.4, -0.2) is 0 Å². The average Bonchev–Trinajstić information content (AvgIpc) is 2.41. The first-order valence-electron chi connectivity index (χ1n) is 6.44. The van der Waals surface area contributed by atoms with Crippen molar-refractivity contribution in [2.24, 2.45) is 0 Å². The van der Waals surface area contributed by atoms with Crippen molar-refractivity contribution in [3.05, 3.63) is 68.9 Å². The van der Waals surface area contributed by atoms with Crippen molar-refractivity contribution in [1.82, 2.24) is 5.32 Å². The molecule has 20 heavy (non-hydrogen) atoms. The van der Waals surface area contributed by atoms with Crippen molar-refractivity contribution in [3.63, 3.8) is 0 Å². The summed E-state index contributed by atoms with van der Waals surface area (Å²) in [6.07, 6.45) is 0. The van der Waals surface area contributed by atoms with E-state index in [0.29, 0.717) is 0 Å². The molecule has 1 N–H and O–H groups in total. The number of benzene rings is 2. The van der Waals surface area contributed by atoms with Crippen LogP contribution in [0.3, 0.4) is 0 Å². The molecule has 2 aromatic carbocycles. The lowest BCUT2D eigenvalue weighted by molar-refractivity contribution is 0.492. The molecule has 0 aliphatic rings. The SMILES string of the molecule is CC(N[C@@H](C)c1cccc(Br)c1)c1ccc(Cl)c(F)c1. The van der Waals surface area contributed by atoms with E-state index in [9.17, 15) is 4.39 Å². The van der Waals surface area contributed by atoms with E-state index in [0.717, 1.165) is 10.0 Å². The fourth-order valence-corrected chi connectivity index (χ4v) is 2.66. The second-order valence-electron chi connectivity index (χ2n) is 4.84. The minimum Gasteiger partial charge on any atom is -0.304 e. The Morgan fingerprint density at radius 1 is 1.05 bits per heavy atom. The second kappa shape index (κ2) is 6.70. The zero-order valence-electron chi connectivity index (χ0n) is 11.3. The number of rotatable bonds is 4. The van der Waals surface area contributed by atoms with Crippen LogP contribution in [0, 0.1) is 5.82 Å². The summed E-state index contributed by atoms with van der Waals surface area (Å²) in [5, 5.41) is 3.61. The van der Waals surface area contributed by atoms with Crippen LogP contribution >= 0.6 is 27.5 Å². The molecule has 0 amide bonds. The molecule has 0 aromatic heterocycles. The van der Waals surface area contributed by atoms with Gasteiger partial charge in [0.1, 0.15) is 5.82 Å². The van der Waals surface area contributed by atoms with E-state index < -0.39 is 0 Å². The maximum atomic E-state index is 13.5. The Bertz CT molecular complexity index is 603. The Morgan fingerprint density at radius 3 is 2.30 bits per heavy atom. The Balaban J connectivity index is 2.10. The van der Waals surface area contributed by atoms with Crippen molar-refractivity contribution >= 4 is 27.5 Å². The van der Waals surface area contributed by atoms with Crippen molar-refractivity contribution < 1.29 is 4.39 Å². The first kappa shape index (κ1) is 15.5. The van der Waals surface area contributed by atoms with Gasteiger partial charge in [0.25, 0.3) is 0 Å². The number of hydrogen-bond acceptors (Lipinski definition) is 1. The molecule has 4 heteroatoms. The summed E-state index contributed by atoms with van der Waals surface area (Å²) in [5.74, 6) is -0.382. The Morgan fingerprint density at radius 2 is 1.70 bits per heavy atom. The van der Waals surface area contributed by atoms with Crippen LogP contribution in [0.4, 0.5) is 4.39 Å². The van der Waals surface area contributed by atoms with Crippen molar-refractivity contribution in [2.75, 3.05) is 0 Å². The minimum atomic E-state index is -0.382. The molecule has 2 aromatic rings. The molecule has 0 radical (unpaired) electrons. The van der Waals surface area contributed by atoms with Gasteiger partial charge in [-0.15, -0.1) is 0 Å². The normalized spacial score (nSPS) is 14.1. The molecule has 0 fully saturated rings. The Kier molecular flexibility index (Phi) is 5.19. The molecule has 1 unspecified atom stereocenters. The van der Waals surface area contributed by atoms with E-state index in [-0.39, 0.29) is 22.9 Å². The average molecular weight is 357 g/mol. The number of hydrogen-bond donors (Lipinski definition) is 1. The van der Waals surface area contributed by atoms with Crippen molar-refractivity contribution in [1.29, 1.82) is 0 Å². The highest BCUT2D eigenvalue weighted by Gasteiger charge is 2.12. The Labute approximate surface area is 132 Å². The zero-order valence-corrected chi connectivity index (χ0v) is 13.7. The fraction of sp³-hybridized carbons (Fsp3) is 0.250. The van der Waals surface area contributed by atoms with E-state index >= 15 is 0 Å². The molecule has 0 saturated carbocycles. The quantitative estimate of drug-likeness (QED) is 0.746. The molecule has 0 heterocycles. The van der Waals surface area contributed by atoms with Gasteiger partial charge in [-0.25, -0.2) is 4.39 Å².